The van der Waals surface area contributed by atoms with Crippen molar-refractivity contribution >= 4 is 38.7 Å². The highest BCUT2D eigenvalue weighted by atomic mass is 35.5. The lowest BCUT2D eigenvalue weighted by atomic mass is 10.1. The number of nitrogens with one attached hydrogen (secondary N) is 1. The van der Waals surface area contributed by atoms with Crippen molar-refractivity contribution in [1.82, 2.24) is 0 Å². The number of anilines is 2. The first kappa shape index (κ1) is 18.7. The molecule has 0 saturated carbocycles. The van der Waals surface area contributed by atoms with Crippen LogP contribution in [0.3, 0.4) is 0 Å². The lowest BCUT2D eigenvalue weighted by Crippen LogP contribution is -2.30. The third-order valence-corrected chi connectivity index (χ3v) is 5.77. The minimum absolute atomic E-state index is 0.118. The van der Waals surface area contributed by atoms with Crippen LogP contribution in [0.2, 0.25) is 5.02 Å². The third kappa shape index (κ3) is 4.37. The minimum atomic E-state index is -3.37. The van der Waals surface area contributed by atoms with Crippen LogP contribution in [0.4, 0.5) is 11.4 Å². The molecular weight excluding hydrogens is 372 g/mol. The number of amides is 1. The zero-order valence-corrected chi connectivity index (χ0v) is 16.1. The molecule has 138 valence electrons. The first-order valence-corrected chi connectivity index (χ1v) is 10.8. The first-order chi connectivity index (χ1) is 12.3. The second kappa shape index (κ2) is 7.68. The first-order valence-electron chi connectivity index (χ1n) is 8.50. The number of sulfone groups is 1. The molecule has 0 unspecified atom stereocenters. The summed E-state index contributed by atoms with van der Waals surface area (Å²) in [5, 5.41) is 3.42. The monoisotopic (exact) mass is 392 g/mol. The van der Waals surface area contributed by atoms with Crippen LogP contribution in [0.15, 0.2) is 47.4 Å². The summed E-state index contributed by atoms with van der Waals surface area (Å²) in [6, 6.07) is 11.5. The molecule has 1 aliphatic heterocycles. The molecule has 7 heteroatoms. The highest BCUT2D eigenvalue weighted by Crippen LogP contribution is 2.31. The summed E-state index contributed by atoms with van der Waals surface area (Å²) >= 11 is 6.12. The molecule has 1 heterocycles. The van der Waals surface area contributed by atoms with Crippen molar-refractivity contribution in [2.24, 2.45) is 0 Å². The smallest absolute Gasteiger partial charge is 0.255 e. The van der Waals surface area contributed by atoms with E-state index in [9.17, 15) is 13.2 Å². The Morgan fingerprint density at radius 1 is 1.08 bits per heavy atom. The van der Waals surface area contributed by atoms with Crippen molar-refractivity contribution < 1.29 is 13.2 Å². The van der Waals surface area contributed by atoms with E-state index < -0.39 is 9.84 Å². The Labute approximate surface area is 158 Å². The van der Waals surface area contributed by atoms with Gasteiger partial charge < -0.3 is 10.2 Å². The van der Waals surface area contributed by atoms with Crippen molar-refractivity contribution in [2.75, 3.05) is 29.6 Å². The maximum Gasteiger partial charge on any atom is 0.255 e. The Hall–Kier alpha value is -2.05. The van der Waals surface area contributed by atoms with Gasteiger partial charge in [-0.1, -0.05) is 17.7 Å². The SMILES string of the molecule is CS(=O)(=O)c1cccc(C(=O)Nc2cc(Cl)ccc2N2CCCCC2)c1. The van der Waals surface area contributed by atoms with Gasteiger partial charge in [-0.25, -0.2) is 8.42 Å². The van der Waals surface area contributed by atoms with Gasteiger partial charge in [0, 0.05) is 29.9 Å². The van der Waals surface area contributed by atoms with Crippen LogP contribution in [0.25, 0.3) is 0 Å². The predicted molar refractivity (Wildman–Crippen MR) is 105 cm³/mol. The van der Waals surface area contributed by atoms with Crippen molar-refractivity contribution in [3.05, 3.63) is 53.1 Å². The molecule has 26 heavy (non-hydrogen) atoms. The summed E-state index contributed by atoms with van der Waals surface area (Å²) in [5.74, 6) is -0.365. The van der Waals surface area contributed by atoms with E-state index in [0.29, 0.717) is 10.7 Å². The zero-order valence-electron chi connectivity index (χ0n) is 14.5. The number of hydrogen-bond donors (Lipinski definition) is 1. The van der Waals surface area contributed by atoms with Gasteiger partial charge >= 0.3 is 0 Å². The van der Waals surface area contributed by atoms with Crippen LogP contribution in [-0.2, 0) is 9.84 Å². The molecular formula is C19H21ClN2O3S. The van der Waals surface area contributed by atoms with Crippen LogP contribution in [0, 0.1) is 0 Å². The molecule has 3 rings (SSSR count). The quantitative estimate of drug-likeness (QED) is 0.854. The zero-order chi connectivity index (χ0) is 18.7. The van der Waals surface area contributed by atoms with E-state index >= 15 is 0 Å². The maximum absolute atomic E-state index is 12.7. The van der Waals surface area contributed by atoms with Crippen molar-refractivity contribution in [3.63, 3.8) is 0 Å². The van der Waals surface area contributed by atoms with Crippen LogP contribution >= 0.6 is 11.6 Å². The number of piperidine rings is 1. The van der Waals surface area contributed by atoms with E-state index in [1.165, 1.54) is 18.6 Å². The molecule has 1 fully saturated rings. The molecule has 0 aromatic heterocycles. The number of benzene rings is 2. The Kier molecular flexibility index (Phi) is 5.53. The Morgan fingerprint density at radius 3 is 2.50 bits per heavy atom. The standard InChI is InChI=1S/C19H21ClN2O3S/c1-26(24,25)16-7-5-6-14(12-16)19(23)21-17-13-15(20)8-9-18(17)22-10-3-2-4-11-22/h5-9,12-13H,2-4,10-11H2,1H3,(H,21,23). The maximum atomic E-state index is 12.7. The van der Waals surface area contributed by atoms with Gasteiger partial charge in [0.25, 0.3) is 5.91 Å². The lowest BCUT2D eigenvalue weighted by molar-refractivity contribution is 0.102. The summed E-state index contributed by atoms with van der Waals surface area (Å²) in [5.41, 5.74) is 1.85. The van der Waals surface area contributed by atoms with Gasteiger partial charge in [0.15, 0.2) is 9.84 Å². The molecule has 1 N–H and O–H groups in total. The molecule has 0 bridgehead atoms. The number of rotatable bonds is 4. The topological polar surface area (TPSA) is 66.5 Å². The molecule has 1 amide bonds. The fourth-order valence-electron chi connectivity index (χ4n) is 3.08. The fourth-order valence-corrected chi connectivity index (χ4v) is 3.92. The highest BCUT2D eigenvalue weighted by Gasteiger charge is 2.18. The molecule has 0 radical (unpaired) electrons. The van der Waals surface area contributed by atoms with Crippen molar-refractivity contribution in [3.8, 4) is 0 Å². The normalized spacial score (nSPS) is 14.9. The Balaban J connectivity index is 1.89. The predicted octanol–water partition coefficient (Wildman–Crippen LogP) is 3.99. The summed E-state index contributed by atoms with van der Waals surface area (Å²) in [6.07, 6.45) is 4.57. The second-order valence-corrected chi connectivity index (χ2v) is 8.92. The average molecular weight is 393 g/mol. The number of nitrogens with zero attached hydrogens (tertiary/aromatic N) is 1. The van der Waals surface area contributed by atoms with Gasteiger partial charge in [0.2, 0.25) is 0 Å². The van der Waals surface area contributed by atoms with E-state index in [0.717, 1.165) is 37.9 Å². The molecule has 5 nitrogen and oxygen atoms in total. The summed E-state index contributed by atoms with van der Waals surface area (Å²) in [7, 11) is -3.37. The van der Waals surface area contributed by atoms with Gasteiger partial charge in [0.05, 0.1) is 16.3 Å². The van der Waals surface area contributed by atoms with Gasteiger partial charge in [-0.3, -0.25) is 4.79 Å². The summed E-state index contributed by atoms with van der Waals surface area (Å²) < 4.78 is 23.4. The van der Waals surface area contributed by atoms with Crippen molar-refractivity contribution in [2.45, 2.75) is 24.2 Å². The number of carbonyl (C=O) groups is 1. The van der Waals surface area contributed by atoms with E-state index in [-0.39, 0.29) is 16.4 Å². The van der Waals surface area contributed by atoms with E-state index in [1.807, 2.05) is 12.1 Å². The molecule has 0 aliphatic carbocycles. The van der Waals surface area contributed by atoms with E-state index in [4.69, 9.17) is 11.6 Å². The highest BCUT2D eigenvalue weighted by molar-refractivity contribution is 7.90. The van der Waals surface area contributed by atoms with E-state index in [2.05, 4.69) is 10.2 Å². The van der Waals surface area contributed by atoms with Gasteiger partial charge in [-0.2, -0.15) is 0 Å². The molecule has 0 atom stereocenters. The Bertz CT molecular complexity index is 922. The number of halogens is 1. The van der Waals surface area contributed by atoms with E-state index in [1.54, 1.807) is 18.2 Å². The Morgan fingerprint density at radius 2 is 1.81 bits per heavy atom. The lowest BCUT2D eigenvalue weighted by Gasteiger charge is -2.30. The van der Waals surface area contributed by atoms with Gasteiger partial charge in [-0.05, 0) is 55.7 Å². The van der Waals surface area contributed by atoms with Crippen LogP contribution in [0.1, 0.15) is 29.6 Å². The number of hydrogen-bond acceptors (Lipinski definition) is 4. The molecule has 2 aromatic carbocycles. The molecule has 0 spiro atoms. The van der Waals surface area contributed by atoms with Gasteiger partial charge in [0.1, 0.15) is 0 Å². The average Bonchev–Trinajstić information content (AvgIpc) is 2.62. The fraction of sp³-hybridized carbons (Fsp3) is 0.316. The summed E-state index contributed by atoms with van der Waals surface area (Å²) in [4.78, 5) is 15.0. The minimum Gasteiger partial charge on any atom is -0.370 e. The largest absolute Gasteiger partial charge is 0.370 e. The third-order valence-electron chi connectivity index (χ3n) is 4.43. The molecule has 1 aliphatic rings. The van der Waals surface area contributed by atoms with Crippen molar-refractivity contribution in [1.29, 1.82) is 0 Å². The van der Waals surface area contributed by atoms with Crippen LogP contribution < -0.4 is 10.2 Å². The number of carbonyl (C=O) groups excluding carboxylic acids is 1. The van der Waals surface area contributed by atoms with Gasteiger partial charge in [-0.15, -0.1) is 0 Å². The molecule has 2 aromatic rings. The van der Waals surface area contributed by atoms with Crippen LogP contribution in [0.5, 0.6) is 0 Å². The van der Waals surface area contributed by atoms with Crippen LogP contribution in [-0.4, -0.2) is 33.7 Å². The summed E-state index contributed by atoms with van der Waals surface area (Å²) in [6.45, 7) is 1.88. The molecule has 1 saturated heterocycles. The second-order valence-electron chi connectivity index (χ2n) is 6.46.